The van der Waals surface area contributed by atoms with Crippen molar-refractivity contribution in [3.8, 4) is 0 Å². The lowest BCUT2D eigenvalue weighted by Gasteiger charge is -2.32. The van der Waals surface area contributed by atoms with Crippen LogP contribution in [0.15, 0.2) is 91.1 Å². The molecule has 1 N–H and O–H groups in total. The summed E-state index contributed by atoms with van der Waals surface area (Å²) in [7, 11) is 0. The van der Waals surface area contributed by atoms with Crippen molar-refractivity contribution in [3.63, 3.8) is 0 Å². The molecule has 1 saturated heterocycles. The number of aliphatic hydroxyl groups excluding tert-OH is 1. The second-order valence-electron chi connectivity index (χ2n) is 13.9. The lowest BCUT2D eigenvalue weighted by atomic mass is 9.71. The van der Waals surface area contributed by atoms with Crippen molar-refractivity contribution in [3.05, 3.63) is 114 Å². The quantitative estimate of drug-likeness (QED) is 0.194. The van der Waals surface area contributed by atoms with Gasteiger partial charge in [-0.25, -0.2) is 4.39 Å². The number of aliphatic hydroxyl groups is 1. The van der Waals surface area contributed by atoms with Crippen LogP contribution < -0.4 is 9.80 Å². The number of alkyl halides is 1. The molecule has 4 aromatic carbocycles. The second kappa shape index (κ2) is 11.6. The Morgan fingerprint density at radius 3 is 2.45 bits per heavy atom. The molecule has 0 radical (unpaired) electrons. The molecule has 10 heteroatoms. The van der Waals surface area contributed by atoms with E-state index in [-0.39, 0.29) is 18.4 Å². The van der Waals surface area contributed by atoms with Crippen molar-refractivity contribution in [2.45, 2.75) is 64.1 Å². The van der Waals surface area contributed by atoms with Gasteiger partial charge in [-0.05, 0) is 61.5 Å². The lowest BCUT2D eigenvalue weighted by Crippen LogP contribution is -2.45. The average molecular weight is 660 g/mol. The Morgan fingerprint density at radius 2 is 1.69 bits per heavy atom. The molecule has 1 aromatic heterocycles. The van der Waals surface area contributed by atoms with Crippen LogP contribution >= 0.6 is 0 Å². The van der Waals surface area contributed by atoms with E-state index in [0.29, 0.717) is 37.2 Å². The highest BCUT2D eigenvalue weighted by molar-refractivity contribution is 6.27. The summed E-state index contributed by atoms with van der Waals surface area (Å²) in [5, 5.41) is 19.5. The van der Waals surface area contributed by atoms with E-state index in [1.54, 1.807) is 34.5 Å². The van der Waals surface area contributed by atoms with Crippen LogP contribution in [0.3, 0.4) is 0 Å². The molecule has 49 heavy (non-hydrogen) atoms. The van der Waals surface area contributed by atoms with Crippen molar-refractivity contribution in [1.29, 1.82) is 0 Å². The average Bonchev–Trinajstić information content (AvgIpc) is 3.81. The largest absolute Gasteiger partial charge is 0.396 e. The molecule has 250 valence electrons. The predicted molar refractivity (Wildman–Crippen MR) is 184 cm³/mol. The van der Waals surface area contributed by atoms with E-state index < -0.39 is 29.2 Å². The van der Waals surface area contributed by atoms with Gasteiger partial charge in [0.05, 0.1) is 35.3 Å². The summed E-state index contributed by atoms with van der Waals surface area (Å²) in [6.45, 7) is 5.76. The van der Waals surface area contributed by atoms with Crippen molar-refractivity contribution in [1.82, 2.24) is 15.0 Å². The van der Waals surface area contributed by atoms with E-state index in [4.69, 9.17) is 4.74 Å². The van der Waals surface area contributed by atoms with E-state index in [1.165, 1.54) is 0 Å². The fraction of sp³-hybridized carbons (Fsp3) is 0.333. The number of anilines is 3. The smallest absolute Gasteiger partial charge is 0.264 e. The summed E-state index contributed by atoms with van der Waals surface area (Å²) in [6.07, 6.45) is 2.08. The summed E-state index contributed by atoms with van der Waals surface area (Å²) in [5.74, 6) is -1.28. The number of aromatic nitrogens is 3. The predicted octanol–water partition coefficient (Wildman–Crippen LogP) is 6.49. The molecule has 0 bridgehead atoms. The summed E-state index contributed by atoms with van der Waals surface area (Å²) in [5.41, 5.74) is 2.41. The fourth-order valence-corrected chi connectivity index (χ4v) is 8.47. The summed E-state index contributed by atoms with van der Waals surface area (Å²) in [4.78, 5) is 31.7. The van der Waals surface area contributed by atoms with Crippen LogP contribution in [0.25, 0.3) is 10.8 Å². The number of aryl methyl sites for hydroxylation is 1. The molecule has 3 aliphatic heterocycles. The summed E-state index contributed by atoms with van der Waals surface area (Å²) < 4.78 is 24.6. The zero-order valence-electron chi connectivity index (χ0n) is 27.7. The zero-order chi connectivity index (χ0) is 34.1. The number of nitrogens with zero attached hydrogens (tertiary/aromatic N) is 5. The summed E-state index contributed by atoms with van der Waals surface area (Å²) >= 11 is 0. The number of benzene rings is 4. The van der Waals surface area contributed by atoms with Crippen LogP contribution in [-0.2, 0) is 34.6 Å². The van der Waals surface area contributed by atoms with Crippen molar-refractivity contribution >= 4 is 39.6 Å². The SMILES string of the molecule is C[C@@H]1[C@@H](C(C)(C)F)[C@H](CCn2cc(CCO)nn2)O[C@@]12C(=O)N(Cc1ccc(N3C(=O)c4cccc5cccc3c45)cc1)c1ccccc12. The number of rotatable bonds is 9. The van der Waals surface area contributed by atoms with E-state index in [0.717, 1.165) is 39.0 Å². The van der Waals surface area contributed by atoms with E-state index in [2.05, 4.69) is 10.3 Å². The molecule has 8 rings (SSSR count). The second-order valence-corrected chi connectivity index (χ2v) is 13.9. The third kappa shape index (κ3) is 4.88. The van der Waals surface area contributed by atoms with Gasteiger partial charge in [0.2, 0.25) is 0 Å². The maximum Gasteiger partial charge on any atom is 0.264 e. The van der Waals surface area contributed by atoms with Crippen molar-refractivity contribution in [2.24, 2.45) is 11.8 Å². The number of hydrogen-bond acceptors (Lipinski definition) is 6. The monoisotopic (exact) mass is 659 g/mol. The molecule has 9 nitrogen and oxygen atoms in total. The topological polar surface area (TPSA) is 101 Å². The van der Waals surface area contributed by atoms with Gasteiger partial charge in [-0.1, -0.05) is 66.7 Å². The first-order chi connectivity index (χ1) is 23.6. The number of hydrogen-bond donors (Lipinski definition) is 1. The zero-order valence-corrected chi connectivity index (χ0v) is 27.7. The third-order valence-corrected chi connectivity index (χ3v) is 10.6. The first kappa shape index (κ1) is 31.3. The molecule has 1 fully saturated rings. The first-order valence-corrected chi connectivity index (χ1v) is 16.8. The van der Waals surface area contributed by atoms with Gasteiger partial charge in [0.15, 0.2) is 5.60 Å². The van der Waals surface area contributed by atoms with Crippen LogP contribution in [0.2, 0.25) is 0 Å². The van der Waals surface area contributed by atoms with Gasteiger partial charge >= 0.3 is 0 Å². The maximum atomic E-state index is 16.1. The molecule has 4 atom stereocenters. The van der Waals surface area contributed by atoms with Crippen LogP contribution in [0.4, 0.5) is 21.5 Å². The number of amides is 2. The number of ether oxygens (including phenoxy) is 1. The number of halogens is 1. The Morgan fingerprint density at radius 1 is 0.959 bits per heavy atom. The van der Waals surface area contributed by atoms with Crippen LogP contribution in [0.5, 0.6) is 0 Å². The molecule has 0 unspecified atom stereocenters. The minimum Gasteiger partial charge on any atom is -0.396 e. The highest BCUT2D eigenvalue weighted by atomic mass is 19.1. The Bertz CT molecular complexity index is 2080. The Hall–Kier alpha value is -4.93. The van der Waals surface area contributed by atoms with E-state index >= 15 is 4.39 Å². The van der Waals surface area contributed by atoms with Crippen LogP contribution in [0.1, 0.15) is 54.4 Å². The van der Waals surface area contributed by atoms with Crippen LogP contribution in [0, 0.1) is 11.8 Å². The molecule has 1 spiro atoms. The van der Waals surface area contributed by atoms with Gasteiger partial charge in [-0.3, -0.25) is 19.2 Å². The number of carbonyl (C=O) groups excluding carboxylic acids is 2. The maximum absolute atomic E-state index is 16.1. The fourth-order valence-electron chi connectivity index (χ4n) is 8.47. The Balaban J connectivity index is 1.07. The third-order valence-electron chi connectivity index (χ3n) is 10.6. The Labute approximate surface area is 283 Å². The molecule has 4 heterocycles. The molecule has 3 aliphatic rings. The van der Waals surface area contributed by atoms with E-state index in [1.807, 2.05) is 91.9 Å². The molecule has 0 saturated carbocycles. The number of fused-ring (bicyclic) bond motifs is 2. The van der Waals surface area contributed by atoms with Gasteiger partial charge in [0, 0.05) is 54.2 Å². The molecule has 5 aromatic rings. The van der Waals surface area contributed by atoms with Gasteiger partial charge in [0.25, 0.3) is 11.8 Å². The van der Waals surface area contributed by atoms with E-state index in [9.17, 15) is 14.7 Å². The molecular weight excluding hydrogens is 621 g/mol. The number of para-hydroxylation sites is 1. The molecular formula is C39H38FN5O4. The highest BCUT2D eigenvalue weighted by Gasteiger charge is 2.66. The Kier molecular flexibility index (Phi) is 7.42. The minimum absolute atomic E-state index is 0.0193. The van der Waals surface area contributed by atoms with Gasteiger partial charge in [-0.2, -0.15) is 0 Å². The first-order valence-electron chi connectivity index (χ1n) is 16.8. The lowest BCUT2D eigenvalue weighted by molar-refractivity contribution is -0.146. The molecule has 0 aliphatic carbocycles. The normalized spacial score (nSPS) is 23.0. The highest BCUT2D eigenvalue weighted by Crippen LogP contribution is 2.58. The van der Waals surface area contributed by atoms with Gasteiger partial charge in [-0.15, -0.1) is 5.10 Å². The molecule has 2 amide bonds. The van der Waals surface area contributed by atoms with Crippen LogP contribution in [-0.4, -0.2) is 50.3 Å². The van der Waals surface area contributed by atoms with Crippen molar-refractivity contribution in [2.75, 3.05) is 16.4 Å². The van der Waals surface area contributed by atoms with Crippen molar-refractivity contribution < 1.29 is 23.8 Å². The standard InChI is InChI=1S/C39H38FN5O4/c1-24-35(38(2,3)40)33(18-20-43-23-27(19-21-46)41-42-43)49-39(24)30-11-4-5-12-31(30)44(37(39)48)22-25-14-16-28(17-15-25)45-32-13-7-9-26-8-6-10-29(34(26)32)36(45)47/h4-17,23-24,33,35,46H,18-22H2,1-3H3/t24-,33+,35-,39+/m1/s1. The number of carbonyl (C=O) groups is 2. The summed E-state index contributed by atoms with van der Waals surface area (Å²) in [6, 6.07) is 27.1. The van der Waals surface area contributed by atoms with Gasteiger partial charge < -0.3 is 14.7 Å². The van der Waals surface area contributed by atoms with Gasteiger partial charge in [0.1, 0.15) is 5.67 Å². The minimum atomic E-state index is -1.62.